The number of nitrogens with two attached hydrogens (primary N) is 2. The number of hydrogen-bond acceptors (Lipinski definition) is 9. The molecule has 0 amide bonds. The van der Waals surface area contributed by atoms with E-state index >= 15 is 0 Å². The van der Waals surface area contributed by atoms with Crippen LogP contribution in [0.1, 0.15) is 20.8 Å². The molecule has 0 saturated carbocycles. The highest BCUT2D eigenvalue weighted by Crippen LogP contribution is 2.39. The number of hydrogen-bond donors (Lipinski definition) is 8. The number of carbonyl (C=O) groups is 1. The van der Waals surface area contributed by atoms with Crippen LogP contribution in [0, 0.1) is 5.41 Å². The predicted molar refractivity (Wildman–Crippen MR) is 84.6 cm³/mol. The van der Waals surface area contributed by atoms with Gasteiger partial charge in [-0.15, -0.1) is 0 Å². The molecule has 3 rings (SSSR count). The second kappa shape index (κ2) is 5.19. The van der Waals surface area contributed by atoms with Gasteiger partial charge in [0.1, 0.15) is 12.6 Å². The molecule has 0 radical (unpaired) electrons. The summed E-state index contributed by atoms with van der Waals surface area (Å²) in [5.74, 6) is -2.89. The van der Waals surface area contributed by atoms with E-state index in [-0.39, 0.29) is 25.1 Å². The highest BCUT2D eigenvalue weighted by molar-refractivity contribution is 5.78. The Morgan fingerprint density at radius 2 is 2.08 bits per heavy atom. The summed E-state index contributed by atoms with van der Waals surface area (Å²) in [6, 6.07) is -1.38. The van der Waals surface area contributed by atoms with E-state index < -0.39 is 41.0 Å². The number of aliphatic hydroxyl groups excluding tert-OH is 1. The molecule has 25 heavy (non-hydrogen) atoms. The molecule has 4 atom stereocenters. The molecule has 0 aromatic rings. The number of esters is 1. The van der Waals surface area contributed by atoms with E-state index in [9.17, 15) is 20.1 Å². The smallest absolute Gasteiger partial charge is 0.347 e. The molecule has 11 nitrogen and oxygen atoms in total. The van der Waals surface area contributed by atoms with Gasteiger partial charge < -0.3 is 20.1 Å². The van der Waals surface area contributed by atoms with E-state index in [0.717, 1.165) is 0 Å². The Bertz CT molecular complexity index is 669. The van der Waals surface area contributed by atoms with Crippen molar-refractivity contribution in [3.8, 4) is 0 Å². The van der Waals surface area contributed by atoms with Gasteiger partial charge >= 0.3 is 23.6 Å². The molecule has 3 aliphatic heterocycles. The van der Waals surface area contributed by atoms with Gasteiger partial charge in [-0.05, 0) is 20.8 Å². The molecule has 3 aliphatic rings. The summed E-state index contributed by atoms with van der Waals surface area (Å²) >= 11 is 0. The lowest BCUT2D eigenvalue weighted by Crippen LogP contribution is -2.91. The summed E-state index contributed by atoms with van der Waals surface area (Å²) in [5, 5.41) is 37.3. The van der Waals surface area contributed by atoms with Gasteiger partial charge in [0.2, 0.25) is 0 Å². The quantitative estimate of drug-likeness (QED) is 0.135. The maximum atomic E-state index is 12.2. The van der Waals surface area contributed by atoms with Crippen LogP contribution in [0.2, 0.25) is 0 Å². The monoisotopic (exact) mass is 358 g/mol. The normalized spacial score (nSPS) is 36.1. The molecule has 1 fully saturated rings. The molecule has 0 unspecified atom stereocenters. The maximum absolute atomic E-state index is 12.2. The fourth-order valence-corrected chi connectivity index (χ4v) is 3.64. The fraction of sp³-hybridized carbons (Fsp3) is 0.786. The van der Waals surface area contributed by atoms with Crippen LogP contribution in [0.15, 0.2) is 0 Å². The lowest BCUT2D eigenvalue weighted by atomic mass is 9.86. The number of ether oxygens (including phenoxy) is 1. The molecule has 1 saturated heterocycles. The SMILES string of the molecule is CC(C)(C)C(=O)O[C@H]1C[N+]2=C(N)N[C@@H](CO)[C@@H]3[NH+]=C(N)N[C@@]32C1(O)O. The molecule has 3 heterocycles. The first-order valence-electron chi connectivity index (χ1n) is 8.05. The standard InChI is InChI=1S/C14H24N6O5/c1-12(2,3)9(22)25-7-4-20-11(16)17-6(5-21)8-13(20,14(7,23)24)19-10(15)18-8/h6-8,21,23-24H,4-5H2,1-3H3,(H5,15,16,17,18,19)/p+2/t6-,7-,8-,13-/m0/s1. The van der Waals surface area contributed by atoms with E-state index in [1.54, 1.807) is 20.8 Å². The van der Waals surface area contributed by atoms with Gasteiger partial charge in [-0.2, -0.15) is 0 Å². The number of nitrogens with one attached hydrogen (secondary N) is 3. The molecule has 0 aromatic carbocycles. The van der Waals surface area contributed by atoms with Gasteiger partial charge in [0.05, 0.1) is 12.0 Å². The topological polar surface area (TPSA) is 180 Å². The lowest BCUT2D eigenvalue weighted by Gasteiger charge is -2.40. The van der Waals surface area contributed by atoms with Gasteiger partial charge in [0, 0.05) is 0 Å². The van der Waals surface area contributed by atoms with Gasteiger partial charge in [-0.25, -0.2) is 9.89 Å². The van der Waals surface area contributed by atoms with Gasteiger partial charge in [0.15, 0.2) is 12.1 Å². The number of aliphatic hydroxyl groups is 3. The van der Waals surface area contributed by atoms with Crippen LogP contribution in [0.25, 0.3) is 0 Å². The van der Waals surface area contributed by atoms with Crippen LogP contribution in [-0.4, -0.2) is 80.6 Å². The molecule has 0 aliphatic carbocycles. The largest absolute Gasteiger partial charge is 0.452 e. The van der Waals surface area contributed by atoms with E-state index in [0.29, 0.717) is 0 Å². The summed E-state index contributed by atoms with van der Waals surface area (Å²) in [6.07, 6.45) is -1.28. The van der Waals surface area contributed by atoms with Crippen molar-refractivity contribution in [3.05, 3.63) is 0 Å². The number of guanidine groups is 2. The first-order chi connectivity index (χ1) is 11.4. The zero-order valence-corrected chi connectivity index (χ0v) is 14.4. The van der Waals surface area contributed by atoms with Crippen LogP contribution < -0.4 is 27.1 Å². The molecule has 0 bridgehead atoms. The zero-order chi connectivity index (χ0) is 18.8. The minimum atomic E-state index is -2.52. The van der Waals surface area contributed by atoms with Crippen molar-refractivity contribution >= 4 is 17.9 Å². The third kappa shape index (κ3) is 2.26. The van der Waals surface area contributed by atoms with Crippen molar-refractivity contribution in [2.45, 2.75) is 50.4 Å². The number of nitrogens with zero attached hydrogens (tertiary/aromatic N) is 1. The van der Waals surface area contributed by atoms with Crippen molar-refractivity contribution in [1.29, 1.82) is 0 Å². The average Bonchev–Trinajstić information content (AvgIpc) is 2.95. The Kier molecular flexibility index (Phi) is 3.68. The van der Waals surface area contributed by atoms with Crippen molar-refractivity contribution in [1.82, 2.24) is 10.6 Å². The van der Waals surface area contributed by atoms with Crippen LogP contribution in [-0.2, 0) is 9.53 Å². The van der Waals surface area contributed by atoms with Crippen LogP contribution in [0.3, 0.4) is 0 Å². The minimum absolute atomic E-state index is 0.0652. The highest BCUT2D eigenvalue weighted by Gasteiger charge is 2.79. The minimum Gasteiger partial charge on any atom is -0.452 e. The van der Waals surface area contributed by atoms with E-state index in [4.69, 9.17) is 16.2 Å². The van der Waals surface area contributed by atoms with Crippen LogP contribution in [0.4, 0.5) is 0 Å². The Hall–Kier alpha value is -2.11. The predicted octanol–water partition coefficient (Wildman–Crippen LogP) is -6.01. The number of rotatable bonds is 2. The maximum Gasteiger partial charge on any atom is 0.347 e. The molecular formula is C14H26N6O5+2. The summed E-state index contributed by atoms with van der Waals surface area (Å²) in [4.78, 5) is 15.1. The zero-order valence-electron chi connectivity index (χ0n) is 14.4. The van der Waals surface area contributed by atoms with Crippen LogP contribution >= 0.6 is 0 Å². The fourth-order valence-electron chi connectivity index (χ4n) is 3.64. The Morgan fingerprint density at radius 3 is 2.64 bits per heavy atom. The van der Waals surface area contributed by atoms with E-state index in [2.05, 4.69) is 15.6 Å². The average molecular weight is 358 g/mol. The Labute approximate surface area is 144 Å². The van der Waals surface area contributed by atoms with Crippen molar-refractivity contribution < 1.29 is 34.4 Å². The highest BCUT2D eigenvalue weighted by atomic mass is 16.6. The Morgan fingerprint density at radius 1 is 1.44 bits per heavy atom. The summed E-state index contributed by atoms with van der Waals surface area (Å²) in [7, 11) is 0. The summed E-state index contributed by atoms with van der Waals surface area (Å²) < 4.78 is 6.84. The molecule has 140 valence electrons. The van der Waals surface area contributed by atoms with Crippen molar-refractivity contribution in [2.24, 2.45) is 16.9 Å². The van der Waals surface area contributed by atoms with E-state index in [1.807, 2.05) is 0 Å². The first-order valence-corrected chi connectivity index (χ1v) is 8.05. The summed E-state index contributed by atoms with van der Waals surface area (Å²) in [6.45, 7) is 4.61. The molecular weight excluding hydrogens is 332 g/mol. The third-order valence-electron chi connectivity index (χ3n) is 4.96. The van der Waals surface area contributed by atoms with Gasteiger partial charge in [-0.3, -0.25) is 26.6 Å². The number of carbonyl (C=O) groups excluding carboxylic acids is 1. The van der Waals surface area contributed by atoms with Gasteiger partial charge in [-0.1, -0.05) is 0 Å². The molecule has 11 heteroatoms. The van der Waals surface area contributed by atoms with Crippen molar-refractivity contribution in [3.63, 3.8) is 0 Å². The molecule has 0 aromatic heterocycles. The first kappa shape index (κ1) is 17.7. The van der Waals surface area contributed by atoms with E-state index in [1.165, 1.54) is 4.58 Å². The second-order valence-corrected chi connectivity index (χ2v) is 7.73. The second-order valence-electron chi connectivity index (χ2n) is 7.73. The van der Waals surface area contributed by atoms with Crippen LogP contribution in [0.5, 0.6) is 0 Å². The third-order valence-corrected chi connectivity index (χ3v) is 4.96. The van der Waals surface area contributed by atoms with Gasteiger partial charge in [0.25, 0.3) is 5.79 Å². The lowest BCUT2D eigenvalue weighted by molar-refractivity contribution is -0.674. The Balaban J connectivity index is 2.04. The molecule has 1 spiro atoms. The summed E-state index contributed by atoms with van der Waals surface area (Å²) in [5.41, 5.74) is 9.43. The van der Waals surface area contributed by atoms with Crippen molar-refractivity contribution in [2.75, 3.05) is 13.2 Å². The molecule has 10 N–H and O–H groups in total.